The number of hydrogen-bond donors (Lipinski definition) is 2. The van der Waals surface area contributed by atoms with E-state index in [1.54, 1.807) is 0 Å². The predicted octanol–water partition coefficient (Wildman–Crippen LogP) is 2.57. The highest BCUT2D eigenvalue weighted by molar-refractivity contribution is 6.01. The van der Waals surface area contributed by atoms with Gasteiger partial charge in [0, 0.05) is 17.7 Å². The van der Waals surface area contributed by atoms with E-state index in [0.717, 1.165) is 16.8 Å². The van der Waals surface area contributed by atoms with Crippen LogP contribution in [0.4, 0.5) is 5.69 Å². The average Bonchev–Trinajstić information content (AvgIpc) is 2.95. The van der Waals surface area contributed by atoms with Gasteiger partial charge in [-0.3, -0.25) is 9.59 Å². The summed E-state index contributed by atoms with van der Waals surface area (Å²) in [6.45, 7) is 0. The summed E-state index contributed by atoms with van der Waals surface area (Å²) < 4.78 is 0. The van der Waals surface area contributed by atoms with Gasteiger partial charge >= 0.3 is 0 Å². The molecule has 1 saturated heterocycles. The summed E-state index contributed by atoms with van der Waals surface area (Å²) in [6.07, 6.45) is 0.969. The van der Waals surface area contributed by atoms with Crippen LogP contribution in [-0.4, -0.2) is 17.9 Å². The van der Waals surface area contributed by atoms with Crippen molar-refractivity contribution < 1.29 is 9.59 Å². The Morgan fingerprint density at radius 2 is 1.76 bits per heavy atom. The fraction of sp³-hybridized carbons (Fsp3) is 0.176. The Morgan fingerprint density at radius 3 is 2.48 bits per heavy atom. The number of carbonyl (C=O) groups excluding carboxylic acids is 2. The third-order valence-electron chi connectivity index (χ3n) is 3.58. The van der Waals surface area contributed by atoms with E-state index in [-0.39, 0.29) is 11.8 Å². The zero-order valence-corrected chi connectivity index (χ0v) is 11.5. The molecule has 0 bridgehead atoms. The molecule has 2 amide bonds. The first-order valence-electron chi connectivity index (χ1n) is 6.99. The van der Waals surface area contributed by atoms with Crippen LogP contribution in [0.1, 0.15) is 12.8 Å². The molecule has 21 heavy (non-hydrogen) atoms. The number of anilines is 1. The number of carbonyl (C=O) groups is 2. The van der Waals surface area contributed by atoms with Crippen LogP contribution >= 0.6 is 0 Å². The number of benzene rings is 2. The molecule has 4 nitrogen and oxygen atoms in total. The number of amides is 2. The Kier molecular flexibility index (Phi) is 3.69. The molecule has 0 aromatic heterocycles. The molecule has 1 aliphatic heterocycles. The second-order valence-electron chi connectivity index (χ2n) is 5.06. The van der Waals surface area contributed by atoms with Gasteiger partial charge in [-0.2, -0.15) is 0 Å². The van der Waals surface area contributed by atoms with Crippen molar-refractivity contribution in [1.82, 2.24) is 5.32 Å². The summed E-state index contributed by atoms with van der Waals surface area (Å²) in [7, 11) is 0. The number of rotatable bonds is 3. The second kappa shape index (κ2) is 5.79. The minimum absolute atomic E-state index is 0.0634. The SMILES string of the molecule is O=C1CCC(C(=O)Nc2ccccc2-c2ccccc2)N1. The van der Waals surface area contributed by atoms with Gasteiger partial charge in [0.05, 0.1) is 0 Å². The second-order valence-corrected chi connectivity index (χ2v) is 5.06. The minimum Gasteiger partial charge on any atom is -0.344 e. The molecular formula is C17H16N2O2. The molecule has 0 spiro atoms. The fourth-order valence-corrected chi connectivity index (χ4v) is 2.49. The van der Waals surface area contributed by atoms with Crippen LogP contribution in [0.3, 0.4) is 0 Å². The third kappa shape index (κ3) is 2.94. The maximum atomic E-state index is 12.2. The molecule has 1 atom stereocenters. The Labute approximate surface area is 123 Å². The largest absolute Gasteiger partial charge is 0.344 e. The molecule has 2 N–H and O–H groups in total. The maximum absolute atomic E-state index is 12.2. The molecule has 1 fully saturated rings. The molecule has 1 aliphatic rings. The zero-order chi connectivity index (χ0) is 14.7. The normalized spacial score (nSPS) is 17.3. The van der Waals surface area contributed by atoms with Gasteiger partial charge in [-0.05, 0) is 18.1 Å². The van der Waals surface area contributed by atoms with Gasteiger partial charge in [0.25, 0.3) is 0 Å². The van der Waals surface area contributed by atoms with Crippen molar-refractivity contribution in [3.05, 3.63) is 54.6 Å². The maximum Gasteiger partial charge on any atom is 0.246 e. The van der Waals surface area contributed by atoms with Crippen molar-refractivity contribution in [2.45, 2.75) is 18.9 Å². The number of para-hydroxylation sites is 1. The molecule has 0 radical (unpaired) electrons. The summed E-state index contributed by atoms with van der Waals surface area (Å²) in [6, 6.07) is 17.1. The highest BCUT2D eigenvalue weighted by atomic mass is 16.2. The van der Waals surface area contributed by atoms with Crippen molar-refractivity contribution in [2.24, 2.45) is 0 Å². The van der Waals surface area contributed by atoms with E-state index in [0.29, 0.717) is 12.8 Å². The lowest BCUT2D eigenvalue weighted by Crippen LogP contribution is -2.37. The van der Waals surface area contributed by atoms with E-state index in [2.05, 4.69) is 10.6 Å². The monoisotopic (exact) mass is 280 g/mol. The van der Waals surface area contributed by atoms with Crippen molar-refractivity contribution >= 4 is 17.5 Å². The Balaban J connectivity index is 1.83. The van der Waals surface area contributed by atoms with E-state index in [9.17, 15) is 9.59 Å². The topological polar surface area (TPSA) is 58.2 Å². The molecule has 3 rings (SSSR count). The molecule has 4 heteroatoms. The first-order chi connectivity index (χ1) is 10.2. The lowest BCUT2D eigenvalue weighted by atomic mass is 10.0. The molecule has 1 unspecified atom stereocenters. The molecule has 1 heterocycles. The molecular weight excluding hydrogens is 264 g/mol. The minimum atomic E-state index is -0.429. The van der Waals surface area contributed by atoms with E-state index in [1.807, 2.05) is 54.6 Å². The fourth-order valence-electron chi connectivity index (χ4n) is 2.49. The lowest BCUT2D eigenvalue weighted by molar-refractivity contribution is -0.122. The summed E-state index contributed by atoms with van der Waals surface area (Å²) in [5.74, 6) is -0.226. The third-order valence-corrected chi connectivity index (χ3v) is 3.58. The molecule has 0 aliphatic carbocycles. The quantitative estimate of drug-likeness (QED) is 0.908. The predicted molar refractivity (Wildman–Crippen MR) is 81.7 cm³/mol. The standard InChI is InChI=1S/C17H16N2O2/c20-16-11-10-15(18-16)17(21)19-14-9-5-4-8-13(14)12-6-2-1-3-7-12/h1-9,15H,10-11H2,(H,18,20)(H,19,21). The van der Waals surface area contributed by atoms with E-state index in [1.165, 1.54) is 0 Å². The van der Waals surface area contributed by atoms with Crippen molar-refractivity contribution in [3.63, 3.8) is 0 Å². The molecule has 106 valence electrons. The first kappa shape index (κ1) is 13.4. The van der Waals surface area contributed by atoms with Crippen molar-refractivity contribution in [3.8, 4) is 11.1 Å². The van der Waals surface area contributed by atoms with Gasteiger partial charge in [-0.1, -0.05) is 48.5 Å². The highest BCUT2D eigenvalue weighted by Gasteiger charge is 2.27. The Bertz CT molecular complexity index is 668. The first-order valence-corrected chi connectivity index (χ1v) is 6.99. The van der Waals surface area contributed by atoms with Gasteiger partial charge in [0.1, 0.15) is 6.04 Å². The van der Waals surface area contributed by atoms with Gasteiger partial charge in [-0.15, -0.1) is 0 Å². The van der Waals surface area contributed by atoms with Gasteiger partial charge in [0.15, 0.2) is 0 Å². The lowest BCUT2D eigenvalue weighted by Gasteiger charge is -2.14. The van der Waals surface area contributed by atoms with Gasteiger partial charge in [-0.25, -0.2) is 0 Å². The number of hydrogen-bond acceptors (Lipinski definition) is 2. The van der Waals surface area contributed by atoms with E-state index in [4.69, 9.17) is 0 Å². The van der Waals surface area contributed by atoms with E-state index < -0.39 is 6.04 Å². The van der Waals surface area contributed by atoms with Crippen LogP contribution in [0.5, 0.6) is 0 Å². The highest BCUT2D eigenvalue weighted by Crippen LogP contribution is 2.27. The average molecular weight is 280 g/mol. The number of nitrogens with one attached hydrogen (secondary N) is 2. The van der Waals surface area contributed by atoms with Crippen molar-refractivity contribution in [2.75, 3.05) is 5.32 Å². The van der Waals surface area contributed by atoms with E-state index >= 15 is 0 Å². The van der Waals surface area contributed by atoms with Gasteiger partial charge < -0.3 is 10.6 Å². The summed E-state index contributed by atoms with van der Waals surface area (Å²) in [5, 5.41) is 5.60. The molecule has 0 saturated carbocycles. The summed E-state index contributed by atoms with van der Waals surface area (Å²) >= 11 is 0. The van der Waals surface area contributed by atoms with Crippen molar-refractivity contribution in [1.29, 1.82) is 0 Å². The molecule has 2 aromatic rings. The van der Waals surface area contributed by atoms with Gasteiger partial charge in [0.2, 0.25) is 11.8 Å². The smallest absolute Gasteiger partial charge is 0.246 e. The Morgan fingerprint density at radius 1 is 1.05 bits per heavy atom. The van der Waals surface area contributed by atoms with Crippen LogP contribution in [0.2, 0.25) is 0 Å². The summed E-state index contributed by atoms with van der Waals surface area (Å²) in [5.41, 5.74) is 2.77. The van der Waals surface area contributed by atoms with Crippen LogP contribution in [0.15, 0.2) is 54.6 Å². The Hall–Kier alpha value is -2.62. The summed E-state index contributed by atoms with van der Waals surface area (Å²) in [4.78, 5) is 23.4. The van der Waals surface area contributed by atoms with Crippen LogP contribution in [0.25, 0.3) is 11.1 Å². The zero-order valence-electron chi connectivity index (χ0n) is 11.5. The van der Waals surface area contributed by atoms with Crippen LogP contribution in [-0.2, 0) is 9.59 Å². The van der Waals surface area contributed by atoms with Crippen LogP contribution in [0, 0.1) is 0 Å². The molecule has 2 aromatic carbocycles. The van der Waals surface area contributed by atoms with Crippen LogP contribution < -0.4 is 10.6 Å².